The van der Waals surface area contributed by atoms with E-state index < -0.39 is 10.0 Å². The fourth-order valence-corrected chi connectivity index (χ4v) is 3.74. The molecule has 2 aromatic carbocycles. The van der Waals surface area contributed by atoms with Gasteiger partial charge in [-0.1, -0.05) is 23.7 Å². The molecular formula is C18H22ClNO4S. The van der Waals surface area contributed by atoms with Crippen LogP contribution in [0.4, 0.5) is 0 Å². The first kappa shape index (κ1) is 19.6. The van der Waals surface area contributed by atoms with E-state index >= 15 is 0 Å². The largest absolute Gasteiger partial charge is 0.490 e. The first-order valence-corrected chi connectivity index (χ1v) is 9.80. The Kier molecular flexibility index (Phi) is 6.70. The summed E-state index contributed by atoms with van der Waals surface area (Å²) in [5.74, 6) is 0.947. The van der Waals surface area contributed by atoms with Gasteiger partial charge in [0, 0.05) is 24.7 Å². The number of benzene rings is 2. The summed E-state index contributed by atoms with van der Waals surface area (Å²) < 4.78 is 38.0. The number of rotatable bonds is 8. The highest BCUT2D eigenvalue weighted by Gasteiger charge is 2.23. The maximum atomic E-state index is 12.8. The van der Waals surface area contributed by atoms with Gasteiger partial charge >= 0.3 is 0 Å². The van der Waals surface area contributed by atoms with Gasteiger partial charge in [0.25, 0.3) is 0 Å². The van der Waals surface area contributed by atoms with E-state index in [0.717, 1.165) is 5.56 Å². The molecule has 0 atom stereocenters. The Morgan fingerprint density at radius 1 is 1.00 bits per heavy atom. The topological polar surface area (TPSA) is 55.8 Å². The lowest BCUT2D eigenvalue weighted by atomic mass is 10.2. The number of hydrogen-bond donors (Lipinski definition) is 0. The predicted molar refractivity (Wildman–Crippen MR) is 98.9 cm³/mol. The molecule has 5 nitrogen and oxygen atoms in total. The van der Waals surface area contributed by atoms with E-state index in [9.17, 15) is 8.42 Å². The van der Waals surface area contributed by atoms with E-state index in [-0.39, 0.29) is 11.4 Å². The third-order valence-corrected chi connectivity index (χ3v) is 5.55. The van der Waals surface area contributed by atoms with Crippen molar-refractivity contribution in [3.63, 3.8) is 0 Å². The van der Waals surface area contributed by atoms with E-state index in [1.54, 1.807) is 24.3 Å². The molecule has 0 bridgehead atoms. The van der Waals surface area contributed by atoms with Crippen LogP contribution in [0.15, 0.2) is 47.4 Å². The first-order valence-electron chi connectivity index (χ1n) is 7.99. The van der Waals surface area contributed by atoms with Gasteiger partial charge in [0.1, 0.15) is 0 Å². The lowest BCUT2D eigenvalue weighted by Gasteiger charge is -2.19. The summed E-state index contributed by atoms with van der Waals surface area (Å²) >= 11 is 5.96. The van der Waals surface area contributed by atoms with Crippen molar-refractivity contribution in [1.29, 1.82) is 0 Å². The van der Waals surface area contributed by atoms with Crippen LogP contribution in [0, 0.1) is 0 Å². The zero-order valence-corrected chi connectivity index (χ0v) is 16.1. The molecule has 7 heteroatoms. The molecule has 0 fully saturated rings. The Hall–Kier alpha value is -1.76. The Balaban J connectivity index is 2.29. The number of sulfonamides is 1. The molecule has 0 radical (unpaired) electrons. The minimum atomic E-state index is -3.67. The molecular weight excluding hydrogens is 362 g/mol. The molecule has 0 N–H and O–H groups in total. The molecule has 0 saturated carbocycles. The van der Waals surface area contributed by atoms with Gasteiger partial charge in [0.2, 0.25) is 10.0 Å². The second-order valence-electron chi connectivity index (χ2n) is 5.37. The van der Waals surface area contributed by atoms with Crippen LogP contribution in [-0.4, -0.2) is 33.0 Å². The van der Waals surface area contributed by atoms with Crippen LogP contribution in [0.5, 0.6) is 11.5 Å². The maximum Gasteiger partial charge on any atom is 0.243 e. The first-order chi connectivity index (χ1) is 11.9. The van der Waals surface area contributed by atoms with Gasteiger partial charge in [-0.05, 0) is 43.7 Å². The smallest absolute Gasteiger partial charge is 0.243 e. The zero-order valence-electron chi connectivity index (χ0n) is 14.5. The summed E-state index contributed by atoms with van der Waals surface area (Å²) in [5, 5.41) is 0.572. The number of halogens is 1. The van der Waals surface area contributed by atoms with E-state index in [2.05, 4.69) is 0 Å². The summed E-state index contributed by atoms with van der Waals surface area (Å²) in [7, 11) is -2.13. The predicted octanol–water partition coefficient (Wildman–Crippen LogP) is 3.96. The van der Waals surface area contributed by atoms with Gasteiger partial charge in [0.15, 0.2) is 11.5 Å². The van der Waals surface area contributed by atoms with Crippen molar-refractivity contribution in [1.82, 2.24) is 4.31 Å². The lowest BCUT2D eigenvalue weighted by molar-refractivity contribution is 0.287. The van der Waals surface area contributed by atoms with Gasteiger partial charge in [-0.3, -0.25) is 0 Å². The summed E-state index contributed by atoms with van der Waals surface area (Å²) in [6.07, 6.45) is 0. The zero-order chi connectivity index (χ0) is 18.4. The Morgan fingerprint density at radius 3 is 2.32 bits per heavy atom. The quantitative estimate of drug-likeness (QED) is 0.692. The van der Waals surface area contributed by atoms with Crippen LogP contribution in [0.3, 0.4) is 0 Å². The van der Waals surface area contributed by atoms with Crippen molar-refractivity contribution in [3.05, 3.63) is 53.1 Å². The SMILES string of the molecule is CCOc1ccc(S(=O)(=O)N(C)Cc2cccc(Cl)c2)cc1OCC. The van der Waals surface area contributed by atoms with Crippen molar-refractivity contribution in [2.45, 2.75) is 25.3 Å². The molecule has 0 aromatic heterocycles. The minimum Gasteiger partial charge on any atom is -0.490 e. The molecule has 0 amide bonds. The fourth-order valence-electron chi connectivity index (χ4n) is 2.35. The van der Waals surface area contributed by atoms with E-state index in [1.165, 1.54) is 23.5 Å². The standard InChI is InChI=1S/C18H22ClNO4S/c1-4-23-17-10-9-16(12-18(17)24-5-2)25(21,22)20(3)13-14-7-6-8-15(19)11-14/h6-12H,4-5,13H2,1-3H3. The van der Waals surface area contributed by atoms with Crippen LogP contribution >= 0.6 is 11.6 Å². The molecule has 0 aliphatic heterocycles. The molecule has 136 valence electrons. The number of ether oxygens (including phenoxy) is 2. The third kappa shape index (κ3) is 4.87. The molecule has 0 heterocycles. The van der Waals surface area contributed by atoms with Gasteiger partial charge in [0.05, 0.1) is 18.1 Å². The molecule has 0 aliphatic carbocycles. The van der Waals surface area contributed by atoms with Crippen LogP contribution in [0.1, 0.15) is 19.4 Å². The summed E-state index contributed by atoms with van der Waals surface area (Å²) in [4.78, 5) is 0.156. The van der Waals surface area contributed by atoms with Crippen LogP contribution in [0.25, 0.3) is 0 Å². The van der Waals surface area contributed by atoms with Crippen LogP contribution in [-0.2, 0) is 16.6 Å². The van der Waals surface area contributed by atoms with Gasteiger partial charge < -0.3 is 9.47 Å². The van der Waals surface area contributed by atoms with Crippen molar-refractivity contribution in [3.8, 4) is 11.5 Å². The molecule has 2 rings (SSSR count). The van der Waals surface area contributed by atoms with Crippen molar-refractivity contribution in [2.24, 2.45) is 0 Å². The van der Waals surface area contributed by atoms with Crippen LogP contribution < -0.4 is 9.47 Å². The lowest BCUT2D eigenvalue weighted by Crippen LogP contribution is -2.26. The minimum absolute atomic E-state index is 0.156. The summed E-state index contributed by atoms with van der Waals surface area (Å²) in [5.41, 5.74) is 0.814. The highest BCUT2D eigenvalue weighted by molar-refractivity contribution is 7.89. The Bertz CT molecular complexity index is 824. The average Bonchev–Trinajstić information content (AvgIpc) is 2.56. The van der Waals surface area contributed by atoms with Gasteiger partial charge in [-0.25, -0.2) is 8.42 Å². The average molecular weight is 384 g/mol. The maximum absolute atomic E-state index is 12.8. The van der Waals surface area contributed by atoms with Crippen LogP contribution in [0.2, 0.25) is 5.02 Å². The Labute approximate surface area is 154 Å². The van der Waals surface area contributed by atoms with E-state index in [0.29, 0.717) is 29.7 Å². The number of hydrogen-bond acceptors (Lipinski definition) is 4. The molecule has 0 saturated heterocycles. The molecule has 0 unspecified atom stereocenters. The van der Waals surface area contributed by atoms with Crippen molar-refractivity contribution >= 4 is 21.6 Å². The normalized spacial score (nSPS) is 11.6. The number of nitrogens with zero attached hydrogens (tertiary/aromatic N) is 1. The Morgan fingerprint density at radius 2 is 1.68 bits per heavy atom. The highest BCUT2D eigenvalue weighted by Crippen LogP contribution is 2.31. The second-order valence-corrected chi connectivity index (χ2v) is 7.85. The summed E-state index contributed by atoms with van der Waals surface area (Å²) in [6.45, 7) is 4.81. The van der Waals surface area contributed by atoms with Crippen molar-refractivity contribution in [2.75, 3.05) is 20.3 Å². The highest BCUT2D eigenvalue weighted by atomic mass is 35.5. The molecule has 2 aromatic rings. The third-order valence-electron chi connectivity index (χ3n) is 3.52. The summed E-state index contributed by atoms with van der Waals surface area (Å²) in [6, 6.07) is 11.8. The molecule has 0 spiro atoms. The van der Waals surface area contributed by atoms with Gasteiger partial charge in [-0.2, -0.15) is 4.31 Å². The second kappa shape index (κ2) is 8.56. The van der Waals surface area contributed by atoms with Crippen molar-refractivity contribution < 1.29 is 17.9 Å². The van der Waals surface area contributed by atoms with E-state index in [1.807, 2.05) is 19.9 Å². The molecule has 25 heavy (non-hydrogen) atoms. The fraction of sp³-hybridized carbons (Fsp3) is 0.333. The molecule has 0 aliphatic rings. The monoisotopic (exact) mass is 383 g/mol. The van der Waals surface area contributed by atoms with E-state index in [4.69, 9.17) is 21.1 Å². The van der Waals surface area contributed by atoms with Gasteiger partial charge in [-0.15, -0.1) is 0 Å².